The molecule has 0 spiro atoms. The Bertz CT molecular complexity index is 764. The van der Waals surface area contributed by atoms with E-state index in [9.17, 15) is 4.79 Å². The molecule has 2 aromatic heterocycles. The second-order valence-electron chi connectivity index (χ2n) is 7.62. The van der Waals surface area contributed by atoms with Crippen molar-refractivity contribution in [1.82, 2.24) is 19.6 Å². The smallest absolute Gasteiger partial charge is 0.277 e. The molecule has 0 radical (unpaired) electrons. The van der Waals surface area contributed by atoms with E-state index in [0.29, 0.717) is 17.4 Å². The summed E-state index contributed by atoms with van der Waals surface area (Å²) in [5, 5.41) is 4.85. The Balaban J connectivity index is 1.75. The second kappa shape index (κ2) is 6.69. The topological polar surface area (TPSA) is 63.1 Å². The van der Waals surface area contributed by atoms with E-state index in [-0.39, 0.29) is 5.56 Å². The third kappa shape index (κ3) is 2.89. The van der Waals surface area contributed by atoms with Crippen molar-refractivity contribution in [1.29, 1.82) is 0 Å². The first-order valence-electron chi connectivity index (χ1n) is 9.77. The van der Waals surface area contributed by atoms with Crippen LogP contribution in [0.2, 0.25) is 0 Å². The van der Waals surface area contributed by atoms with Crippen LogP contribution < -0.4 is 5.56 Å². The molecule has 2 heterocycles. The first-order chi connectivity index (χ1) is 11.8. The highest BCUT2D eigenvalue weighted by Gasteiger charge is 2.24. The highest BCUT2D eigenvalue weighted by atomic mass is 16.1. The van der Waals surface area contributed by atoms with Crippen molar-refractivity contribution < 1.29 is 0 Å². The maximum Gasteiger partial charge on any atom is 0.277 e. The molecule has 2 saturated carbocycles. The second-order valence-corrected chi connectivity index (χ2v) is 7.62. The number of hydrogen-bond donors (Lipinski definition) is 1. The summed E-state index contributed by atoms with van der Waals surface area (Å²) in [6.45, 7) is 2.07. The van der Waals surface area contributed by atoms with Crippen molar-refractivity contribution >= 4 is 5.52 Å². The summed E-state index contributed by atoms with van der Waals surface area (Å²) < 4.78 is 1.89. The van der Waals surface area contributed by atoms with Crippen LogP contribution in [-0.2, 0) is 12.8 Å². The first-order valence-corrected chi connectivity index (χ1v) is 9.77. The van der Waals surface area contributed by atoms with Gasteiger partial charge in [-0.1, -0.05) is 51.9 Å². The molecule has 24 heavy (non-hydrogen) atoms. The van der Waals surface area contributed by atoms with Crippen LogP contribution in [-0.4, -0.2) is 19.6 Å². The van der Waals surface area contributed by atoms with E-state index in [0.717, 1.165) is 43.0 Å². The van der Waals surface area contributed by atoms with Crippen LogP contribution in [0.15, 0.2) is 4.79 Å². The number of nitrogens with zero attached hydrogens (tertiary/aromatic N) is 3. The summed E-state index contributed by atoms with van der Waals surface area (Å²) in [5.74, 6) is 2.98. The quantitative estimate of drug-likeness (QED) is 0.929. The first kappa shape index (κ1) is 15.9. The van der Waals surface area contributed by atoms with E-state index in [4.69, 9.17) is 10.1 Å². The minimum Gasteiger partial charge on any atom is -0.307 e. The fourth-order valence-corrected chi connectivity index (χ4v) is 4.56. The molecule has 0 unspecified atom stereocenters. The lowest BCUT2D eigenvalue weighted by Crippen LogP contribution is -2.20. The fourth-order valence-electron chi connectivity index (χ4n) is 4.56. The van der Waals surface area contributed by atoms with E-state index in [1.165, 1.54) is 44.9 Å². The highest BCUT2D eigenvalue weighted by molar-refractivity contribution is 5.50. The summed E-state index contributed by atoms with van der Waals surface area (Å²) in [6.07, 6.45) is 13.1. The average Bonchev–Trinajstić information content (AvgIpc) is 3.24. The summed E-state index contributed by atoms with van der Waals surface area (Å²) >= 11 is 0. The van der Waals surface area contributed by atoms with Crippen LogP contribution in [0.25, 0.3) is 5.52 Å². The Morgan fingerprint density at radius 1 is 1.08 bits per heavy atom. The van der Waals surface area contributed by atoms with Crippen LogP contribution in [0.1, 0.15) is 88.0 Å². The Morgan fingerprint density at radius 2 is 1.79 bits per heavy atom. The monoisotopic (exact) mass is 328 g/mol. The number of fused-ring (bicyclic) bond motifs is 1. The minimum atomic E-state index is -0.00820. The molecule has 2 aliphatic carbocycles. The van der Waals surface area contributed by atoms with Gasteiger partial charge in [0.15, 0.2) is 5.52 Å². The molecule has 5 nitrogen and oxygen atoms in total. The van der Waals surface area contributed by atoms with Crippen molar-refractivity contribution in [2.45, 2.75) is 83.5 Å². The molecule has 5 heteroatoms. The van der Waals surface area contributed by atoms with Gasteiger partial charge in [-0.15, -0.1) is 0 Å². The zero-order chi connectivity index (χ0) is 16.5. The van der Waals surface area contributed by atoms with Crippen molar-refractivity contribution in [3.8, 4) is 0 Å². The molecule has 2 fully saturated rings. The van der Waals surface area contributed by atoms with Crippen molar-refractivity contribution in [3.63, 3.8) is 0 Å². The molecule has 0 saturated heterocycles. The zero-order valence-electron chi connectivity index (χ0n) is 14.7. The van der Waals surface area contributed by atoms with Crippen LogP contribution in [0.3, 0.4) is 0 Å². The third-order valence-electron chi connectivity index (χ3n) is 5.93. The molecule has 0 bridgehead atoms. The Kier molecular flexibility index (Phi) is 4.42. The van der Waals surface area contributed by atoms with Crippen molar-refractivity contribution in [2.75, 3.05) is 0 Å². The third-order valence-corrected chi connectivity index (χ3v) is 5.93. The predicted octanol–water partition coefficient (Wildman–Crippen LogP) is 3.76. The molecular weight excluding hydrogens is 300 g/mol. The summed E-state index contributed by atoms with van der Waals surface area (Å²) in [6, 6.07) is 0. The number of aromatic nitrogens is 4. The molecular formula is C19H28N4O. The number of nitrogens with one attached hydrogen (secondary N) is 1. The maximum atomic E-state index is 12.7. The molecule has 2 aliphatic rings. The van der Waals surface area contributed by atoms with Gasteiger partial charge >= 0.3 is 0 Å². The Hall–Kier alpha value is -1.65. The highest BCUT2D eigenvalue weighted by Crippen LogP contribution is 2.32. The summed E-state index contributed by atoms with van der Waals surface area (Å²) in [7, 11) is 0. The average molecular weight is 328 g/mol. The van der Waals surface area contributed by atoms with E-state index >= 15 is 0 Å². The summed E-state index contributed by atoms with van der Waals surface area (Å²) in [5.41, 5.74) is 1.56. The van der Waals surface area contributed by atoms with Crippen LogP contribution in [0.4, 0.5) is 0 Å². The Morgan fingerprint density at radius 3 is 2.50 bits per heavy atom. The van der Waals surface area contributed by atoms with Gasteiger partial charge in [-0.05, 0) is 25.2 Å². The number of aryl methyl sites for hydroxylation is 1. The molecule has 130 valence electrons. The van der Waals surface area contributed by atoms with Gasteiger partial charge in [0, 0.05) is 12.3 Å². The van der Waals surface area contributed by atoms with Gasteiger partial charge in [0.05, 0.1) is 5.69 Å². The standard InChI is InChI=1S/C19H28N4O/c1-2-15-17-19(24)21-18(14-10-6-7-11-14)22-23(17)16(20-15)12-13-8-4-3-5-9-13/h13-14H,2-12H2,1H3,(H,21,22,24). The molecule has 4 rings (SSSR count). The van der Waals surface area contributed by atoms with Gasteiger partial charge in [0.2, 0.25) is 0 Å². The lowest BCUT2D eigenvalue weighted by molar-refractivity contribution is 0.349. The zero-order valence-corrected chi connectivity index (χ0v) is 14.7. The van der Waals surface area contributed by atoms with Gasteiger partial charge in [-0.3, -0.25) is 4.79 Å². The summed E-state index contributed by atoms with van der Waals surface area (Å²) in [4.78, 5) is 20.6. The van der Waals surface area contributed by atoms with Gasteiger partial charge in [0.25, 0.3) is 5.56 Å². The largest absolute Gasteiger partial charge is 0.307 e. The van der Waals surface area contributed by atoms with E-state index in [1.54, 1.807) is 0 Å². The van der Waals surface area contributed by atoms with Crippen LogP contribution in [0.5, 0.6) is 0 Å². The van der Waals surface area contributed by atoms with Gasteiger partial charge in [0.1, 0.15) is 11.6 Å². The lowest BCUT2D eigenvalue weighted by atomic mass is 9.87. The number of hydrogen-bond acceptors (Lipinski definition) is 3. The van der Waals surface area contributed by atoms with Crippen molar-refractivity contribution in [2.24, 2.45) is 5.92 Å². The normalized spacial score (nSPS) is 20.2. The van der Waals surface area contributed by atoms with Gasteiger partial charge < -0.3 is 4.98 Å². The van der Waals surface area contributed by atoms with Crippen LogP contribution >= 0.6 is 0 Å². The lowest BCUT2D eigenvalue weighted by Gasteiger charge is -2.20. The fraction of sp³-hybridized carbons (Fsp3) is 0.737. The van der Waals surface area contributed by atoms with Gasteiger partial charge in [-0.2, -0.15) is 5.10 Å². The number of rotatable bonds is 4. The molecule has 0 aromatic carbocycles. The van der Waals surface area contributed by atoms with Crippen LogP contribution in [0, 0.1) is 5.92 Å². The molecule has 0 aliphatic heterocycles. The van der Waals surface area contributed by atoms with E-state index < -0.39 is 0 Å². The van der Waals surface area contributed by atoms with Gasteiger partial charge in [-0.25, -0.2) is 9.50 Å². The number of aromatic amines is 1. The number of imidazole rings is 1. The predicted molar refractivity (Wildman–Crippen MR) is 94.5 cm³/mol. The molecule has 2 aromatic rings. The maximum absolute atomic E-state index is 12.7. The van der Waals surface area contributed by atoms with Crippen molar-refractivity contribution in [3.05, 3.63) is 27.7 Å². The number of H-pyrrole nitrogens is 1. The minimum absolute atomic E-state index is 0.00820. The van der Waals surface area contributed by atoms with E-state index in [2.05, 4.69) is 11.9 Å². The molecule has 0 atom stereocenters. The SMILES string of the molecule is CCc1nc(CC2CCCCC2)n2nc(C3CCCC3)[nH]c(=O)c12. The Labute approximate surface area is 142 Å². The molecule has 0 amide bonds. The molecule has 1 N–H and O–H groups in total. The van der Waals surface area contributed by atoms with E-state index in [1.807, 2.05) is 4.52 Å².